The maximum Gasteiger partial charge on any atom is 0.408 e. The Morgan fingerprint density at radius 3 is 2.51 bits per heavy atom. The molecule has 7 rings (SSSR count). The van der Waals surface area contributed by atoms with Crippen molar-refractivity contribution >= 4 is 44.7 Å². The highest BCUT2D eigenvalue weighted by Gasteiger charge is 2.62. The molecule has 1 aromatic heterocycles. The molecule has 3 aliphatic carbocycles. The van der Waals surface area contributed by atoms with Gasteiger partial charge in [0.1, 0.15) is 29.8 Å². The van der Waals surface area contributed by atoms with Gasteiger partial charge in [0.2, 0.25) is 21.8 Å². The number of aromatic amines is 1. The lowest BCUT2D eigenvalue weighted by atomic mass is 9.85. The maximum absolute atomic E-state index is 14.7. The molecule has 2 bridgehead atoms. The Morgan fingerprint density at radius 2 is 1.80 bits per heavy atom. The molecule has 296 valence electrons. The number of hydrogen-bond donors (Lipinski definition) is 4. The van der Waals surface area contributed by atoms with E-state index >= 15 is 0 Å². The van der Waals surface area contributed by atoms with Crippen molar-refractivity contribution in [2.75, 3.05) is 6.54 Å². The van der Waals surface area contributed by atoms with Crippen LogP contribution in [0.15, 0.2) is 53.9 Å². The number of carbonyl (C=O) groups is 4. The van der Waals surface area contributed by atoms with E-state index in [1.54, 1.807) is 45.0 Å². The van der Waals surface area contributed by atoms with E-state index in [0.717, 1.165) is 25.7 Å². The first-order valence-electron chi connectivity index (χ1n) is 19.3. The molecule has 2 aliphatic heterocycles. The lowest BCUT2D eigenvalue weighted by molar-refractivity contribution is -0.143. The summed E-state index contributed by atoms with van der Waals surface area (Å²) in [4.78, 5) is 74.6. The number of H-pyrrole nitrogens is 1. The van der Waals surface area contributed by atoms with E-state index in [-0.39, 0.29) is 49.1 Å². The highest BCUT2D eigenvalue weighted by atomic mass is 32.2. The van der Waals surface area contributed by atoms with Crippen molar-refractivity contribution in [3.8, 4) is 5.88 Å². The number of allylic oxidation sites excluding steroid dienone is 2. The Labute approximate surface area is 320 Å². The molecule has 0 radical (unpaired) electrons. The maximum atomic E-state index is 14.7. The molecule has 55 heavy (non-hydrogen) atoms. The zero-order valence-corrected chi connectivity index (χ0v) is 32.4. The molecule has 0 spiro atoms. The zero-order valence-electron chi connectivity index (χ0n) is 31.6. The van der Waals surface area contributed by atoms with Gasteiger partial charge in [-0.2, -0.15) is 0 Å². The predicted octanol–water partition coefficient (Wildman–Crippen LogP) is 3.75. The number of benzene rings is 1. The summed E-state index contributed by atoms with van der Waals surface area (Å²) in [7, 11) is -3.92. The summed E-state index contributed by atoms with van der Waals surface area (Å²) in [5.41, 5.74) is -1.62. The molecule has 15 heteroatoms. The Kier molecular flexibility index (Phi) is 10.4. The van der Waals surface area contributed by atoms with Gasteiger partial charge in [0.15, 0.2) is 11.3 Å². The molecule has 2 aromatic rings. The van der Waals surface area contributed by atoms with Crippen LogP contribution in [0, 0.1) is 17.3 Å². The Morgan fingerprint density at radius 1 is 1.04 bits per heavy atom. The first-order valence-corrected chi connectivity index (χ1v) is 20.9. The number of aromatic nitrogens is 1. The summed E-state index contributed by atoms with van der Waals surface area (Å²) in [5, 5.41) is 5.46. The van der Waals surface area contributed by atoms with Gasteiger partial charge in [-0.25, -0.2) is 13.2 Å². The second-order valence-corrected chi connectivity index (χ2v) is 18.8. The van der Waals surface area contributed by atoms with E-state index in [2.05, 4.69) is 26.9 Å². The van der Waals surface area contributed by atoms with Crippen LogP contribution >= 0.6 is 0 Å². The van der Waals surface area contributed by atoms with Crippen molar-refractivity contribution < 1.29 is 37.1 Å². The van der Waals surface area contributed by atoms with Crippen molar-refractivity contribution in [3.63, 3.8) is 0 Å². The molecule has 5 aliphatic rings. The Hall–Kier alpha value is -4.66. The van der Waals surface area contributed by atoms with Gasteiger partial charge in [0, 0.05) is 17.7 Å². The van der Waals surface area contributed by atoms with Crippen LogP contribution in [0.5, 0.6) is 5.88 Å². The van der Waals surface area contributed by atoms with Gasteiger partial charge in [-0.1, -0.05) is 51.1 Å². The van der Waals surface area contributed by atoms with Crippen LogP contribution in [-0.2, 0) is 35.6 Å². The van der Waals surface area contributed by atoms with Crippen LogP contribution in [0.2, 0.25) is 0 Å². The van der Waals surface area contributed by atoms with E-state index in [1.165, 1.54) is 11.0 Å². The van der Waals surface area contributed by atoms with Crippen LogP contribution < -0.4 is 25.5 Å². The average Bonchev–Trinajstić information content (AvgIpc) is 4.02. The largest absolute Gasteiger partial charge is 0.473 e. The molecule has 4 amide bonds. The number of sulfonamides is 1. The first-order chi connectivity index (χ1) is 26.1. The van der Waals surface area contributed by atoms with Crippen LogP contribution in [-0.4, -0.2) is 83.7 Å². The van der Waals surface area contributed by atoms with E-state index in [4.69, 9.17) is 9.47 Å². The number of nitrogens with zero attached hydrogens (tertiary/aromatic N) is 1. The predicted molar refractivity (Wildman–Crippen MR) is 204 cm³/mol. The second-order valence-electron chi connectivity index (χ2n) is 16.8. The summed E-state index contributed by atoms with van der Waals surface area (Å²) < 4.78 is 40.1. The van der Waals surface area contributed by atoms with Gasteiger partial charge in [-0.15, -0.1) is 6.58 Å². The summed E-state index contributed by atoms with van der Waals surface area (Å²) >= 11 is 0. The monoisotopic (exact) mass is 777 g/mol. The standard InChI is InChI=1S/C40H51N5O9S/c1-5-24-21-40(24,37(49)44-55(51,52)26-18-19-26)43-34(47)30-20-25-22-45(30)36(48)33(39(2,3)4)42-38(50)54-31-17-11-13-23(31)12-7-6-8-15-28-32(46)27-14-9-10-16-29(27)41-35(28)53-25/h5-6,8-10,14,16,23-26,30-31,33H,1,7,11-13,15,17-22H2,2-4H3,(H,41,46)(H,42,50)(H,43,47)(H,44,49)/b8-6+/t23-,24-,25-,30+,31-,33-,40-/m1/s1. The van der Waals surface area contributed by atoms with Crippen molar-refractivity contribution in [2.45, 2.75) is 120 Å². The normalized spacial score (nSPS) is 30.7. The van der Waals surface area contributed by atoms with Crippen molar-refractivity contribution in [1.29, 1.82) is 0 Å². The lowest BCUT2D eigenvalue weighted by Gasteiger charge is -2.35. The zero-order chi connectivity index (χ0) is 39.3. The van der Waals surface area contributed by atoms with Crippen molar-refractivity contribution in [2.24, 2.45) is 17.3 Å². The number of carbonyl (C=O) groups excluding carboxylic acids is 4. The minimum Gasteiger partial charge on any atom is -0.473 e. The van der Waals surface area contributed by atoms with Gasteiger partial charge in [-0.3, -0.25) is 23.9 Å². The highest BCUT2D eigenvalue weighted by molar-refractivity contribution is 7.91. The molecule has 3 saturated carbocycles. The summed E-state index contributed by atoms with van der Waals surface area (Å²) in [5.74, 6) is -2.27. The fraction of sp³-hybridized carbons (Fsp3) is 0.575. The number of fused-ring (bicyclic) bond motifs is 5. The quantitative estimate of drug-likeness (QED) is 0.316. The van der Waals surface area contributed by atoms with E-state index in [9.17, 15) is 32.4 Å². The summed E-state index contributed by atoms with van der Waals surface area (Å²) in [6.07, 6.45) is 8.95. The van der Waals surface area contributed by atoms with Crippen molar-refractivity contribution in [1.82, 2.24) is 25.2 Å². The number of rotatable bonds is 6. The average molecular weight is 778 g/mol. The molecular weight excluding hydrogens is 727 g/mol. The lowest BCUT2D eigenvalue weighted by Crippen LogP contribution is -2.60. The number of alkyl carbamates (subject to hydrolysis) is 1. The number of hydrogen-bond acceptors (Lipinski definition) is 9. The molecule has 1 saturated heterocycles. The minimum absolute atomic E-state index is 0.0242. The molecule has 3 heterocycles. The van der Waals surface area contributed by atoms with E-state index in [1.807, 2.05) is 12.2 Å². The Balaban J connectivity index is 1.24. The smallest absolute Gasteiger partial charge is 0.408 e. The van der Waals surface area contributed by atoms with Gasteiger partial charge >= 0.3 is 6.09 Å². The van der Waals surface area contributed by atoms with Gasteiger partial charge in [0.25, 0.3) is 5.91 Å². The minimum atomic E-state index is -3.92. The number of nitrogens with one attached hydrogen (secondary N) is 4. The third-order valence-corrected chi connectivity index (χ3v) is 13.6. The van der Waals surface area contributed by atoms with Gasteiger partial charge in [-0.05, 0) is 81.3 Å². The van der Waals surface area contributed by atoms with Crippen LogP contribution in [0.4, 0.5) is 4.79 Å². The summed E-state index contributed by atoms with van der Waals surface area (Å²) in [6, 6.07) is 4.82. The molecule has 7 atom stereocenters. The third kappa shape index (κ3) is 7.90. The van der Waals surface area contributed by atoms with Crippen LogP contribution in [0.1, 0.15) is 84.1 Å². The fourth-order valence-electron chi connectivity index (χ4n) is 8.32. The molecule has 0 unspecified atom stereocenters. The topological polar surface area (TPSA) is 193 Å². The molecular formula is C40H51N5O9S. The molecule has 14 nitrogen and oxygen atoms in total. The van der Waals surface area contributed by atoms with Gasteiger partial charge < -0.3 is 30.0 Å². The molecule has 4 N–H and O–H groups in total. The SMILES string of the molecule is C=C[C@@H]1C[C@]1(NC(=O)[C@@H]1C[C@@H]2CN1C(=O)[C@H](C(C)(C)C)NC(=O)O[C@@H]1CCC[C@H]1CC/C=C/Cc1c([nH]c3ccccc3c1=O)O2)C(=O)NS(=O)(=O)C1CC1. The second kappa shape index (κ2) is 14.8. The third-order valence-electron chi connectivity index (χ3n) is 11.8. The number of pyridine rings is 1. The van der Waals surface area contributed by atoms with Crippen LogP contribution in [0.3, 0.4) is 0 Å². The van der Waals surface area contributed by atoms with Crippen LogP contribution in [0.25, 0.3) is 10.9 Å². The highest BCUT2D eigenvalue weighted by Crippen LogP contribution is 2.45. The number of para-hydroxylation sites is 1. The van der Waals surface area contributed by atoms with E-state index < -0.39 is 74.1 Å². The summed E-state index contributed by atoms with van der Waals surface area (Å²) in [6.45, 7) is 9.10. The Bertz CT molecular complexity index is 2090. The number of amides is 4. The molecule has 1 aromatic carbocycles. The fourth-order valence-corrected chi connectivity index (χ4v) is 9.69. The van der Waals surface area contributed by atoms with Gasteiger partial charge in [0.05, 0.1) is 22.9 Å². The number of ether oxygens (including phenoxy) is 2. The first kappa shape index (κ1) is 38.6. The molecule has 4 fully saturated rings. The van der Waals surface area contributed by atoms with Crippen molar-refractivity contribution in [3.05, 3.63) is 64.9 Å². The van der Waals surface area contributed by atoms with E-state index in [0.29, 0.717) is 35.7 Å².